The van der Waals surface area contributed by atoms with E-state index in [9.17, 15) is 4.79 Å². The highest BCUT2D eigenvalue weighted by atomic mass is 16.4. The Morgan fingerprint density at radius 1 is 1.31 bits per heavy atom. The third-order valence-corrected chi connectivity index (χ3v) is 2.92. The summed E-state index contributed by atoms with van der Waals surface area (Å²) in [6, 6.07) is 9.59. The SMILES string of the molecule is CCCC(C)c1cc2ccccc2oc1=O. The summed E-state index contributed by atoms with van der Waals surface area (Å²) >= 11 is 0. The van der Waals surface area contributed by atoms with Gasteiger partial charge in [-0.2, -0.15) is 0 Å². The van der Waals surface area contributed by atoms with Gasteiger partial charge in [-0.05, 0) is 24.5 Å². The van der Waals surface area contributed by atoms with E-state index in [1.54, 1.807) is 0 Å². The van der Waals surface area contributed by atoms with Crippen molar-refractivity contribution in [3.05, 3.63) is 46.3 Å². The first kappa shape index (κ1) is 10.9. The van der Waals surface area contributed by atoms with E-state index in [2.05, 4.69) is 13.8 Å². The summed E-state index contributed by atoms with van der Waals surface area (Å²) in [5.41, 5.74) is 1.26. The van der Waals surface area contributed by atoms with Crippen molar-refractivity contribution in [2.24, 2.45) is 0 Å². The zero-order valence-corrected chi connectivity index (χ0v) is 9.69. The van der Waals surface area contributed by atoms with Gasteiger partial charge in [0.2, 0.25) is 0 Å². The highest BCUT2D eigenvalue weighted by Crippen LogP contribution is 2.21. The predicted octanol–water partition coefficient (Wildman–Crippen LogP) is 3.70. The molecule has 1 aromatic heterocycles. The standard InChI is InChI=1S/C14H16O2/c1-3-6-10(2)12-9-11-7-4-5-8-13(11)16-14(12)15/h4-5,7-10H,3,6H2,1-2H3. The van der Waals surface area contributed by atoms with Gasteiger partial charge in [0, 0.05) is 10.9 Å². The van der Waals surface area contributed by atoms with Crippen LogP contribution >= 0.6 is 0 Å². The summed E-state index contributed by atoms with van der Waals surface area (Å²) in [7, 11) is 0. The molecule has 2 heteroatoms. The molecule has 0 aliphatic carbocycles. The first-order valence-electron chi connectivity index (χ1n) is 5.75. The Hall–Kier alpha value is -1.57. The minimum atomic E-state index is -0.195. The highest BCUT2D eigenvalue weighted by molar-refractivity contribution is 5.76. The van der Waals surface area contributed by atoms with Gasteiger partial charge in [-0.3, -0.25) is 0 Å². The second-order valence-corrected chi connectivity index (χ2v) is 4.22. The molecular formula is C14H16O2. The molecule has 84 valence electrons. The van der Waals surface area contributed by atoms with Crippen molar-refractivity contribution in [3.63, 3.8) is 0 Å². The summed E-state index contributed by atoms with van der Waals surface area (Å²) in [5, 5.41) is 1.00. The molecule has 2 aromatic rings. The fourth-order valence-electron chi connectivity index (χ4n) is 2.01. The van der Waals surface area contributed by atoms with Crippen LogP contribution in [-0.2, 0) is 0 Å². The van der Waals surface area contributed by atoms with Gasteiger partial charge < -0.3 is 4.42 Å². The summed E-state index contributed by atoms with van der Waals surface area (Å²) in [6.07, 6.45) is 2.09. The molecule has 1 atom stereocenters. The lowest BCUT2D eigenvalue weighted by atomic mass is 9.97. The van der Waals surface area contributed by atoms with Crippen LogP contribution < -0.4 is 5.63 Å². The molecule has 0 fully saturated rings. The molecule has 0 aliphatic rings. The Balaban J connectivity index is 2.54. The van der Waals surface area contributed by atoms with Crippen LogP contribution in [0.2, 0.25) is 0 Å². The van der Waals surface area contributed by atoms with Crippen molar-refractivity contribution >= 4 is 11.0 Å². The molecule has 2 rings (SSSR count). The lowest BCUT2D eigenvalue weighted by molar-refractivity contribution is 0.532. The topological polar surface area (TPSA) is 30.2 Å². The molecule has 0 bridgehead atoms. The lowest BCUT2D eigenvalue weighted by Crippen LogP contribution is -2.10. The summed E-state index contributed by atoms with van der Waals surface area (Å²) in [6.45, 7) is 4.20. The van der Waals surface area contributed by atoms with E-state index in [-0.39, 0.29) is 11.5 Å². The Kier molecular flexibility index (Phi) is 3.09. The molecule has 0 saturated carbocycles. The van der Waals surface area contributed by atoms with Gasteiger partial charge in [0.05, 0.1) is 0 Å². The molecular weight excluding hydrogens is 200 g/mol. The Bertz CT molecular complexity index is 540. The van der Waals surface area contributed by atoms with E-state index in [0.717, 1.165) is 23.8 Å². The van der Waals surface area contributed by atoms with E-state index in [4.69, 9.17) is 4.42 Å². The van der Waals surface area contributed by atoms with Crippen LogP contribution in [0, 0.1) is 0 Å². The van der Waals surface area contributed by atoms with Crippen LogP contribution in [-0.4, -0.2) is 0 Å². The van der Waals surface area contributed by atoms with Gasteiger partial charge in [0.15, 0.2) is 0 Å². The van der Waals surface area contributed by atoms with Crippen LogP contribution in [0.25, 0.3) is 11.0 Å². The van der Waals surface area contributed by atoms with Gasteiger partial charge in [-0.15, -0.1) is 0 Å². The molecule has 2 nitrogen and oxygen atoms in total. The van der Waals surface area contributed by atoms with Gasteiger partial charge in [0.25, 0.3) is 0 Å². The minimum Gasteiger partial charge on any atom is -0.423 e. The number of benzene rings is 1. The molecule has 16 heavy (non-hydrogen) atoms. The van der Waals surface area contributed by atoms with Crippen molar-refractivity contribution in [2.75, 3.05) is 0 Å². The van der Waals surface area contributed by atoms with E-state index >= 15 is 0 Å². The normalized spacial score (nSPS) is 12.9. The first-order valence-corrected chi connectivity index (χ1v) is 5.75. The van der Waals surface area contributed by atoms with Crippen LogP contribution in [0.5, 0.6) is 0 Å². The van der Waals surface area contributed by atoms with E-state index in [0.29, 0.717) is 5.58 Å². The maximum absolute atomic E-state index is 11.8. The second-order valence-electron chi connectivity index (χ2n) is 4.22. The first-order chi connectivity index (χ1) is 7.72. The van der Waals surface area contributed by atoms with Crippen LogP contribution in [0.15, 0.2) is 39.5 Å². The van der Waals surface area contributed by atoms with Crippen molar-refractivity contribution in [1.29, 1.82) is 0 Å². The van der Waals surface area contributed by atoms with Crippen molar-refractivity contribution in [2.45, 2.75) is 32.6 Å². The van der Waals surface area contributed by atoms with Crippen molar-refractivity contribution < 1.29 is 4.42 Å². The molecule has 0 amide bonds. The fourth-order valence-corrected chi connectivity index (χ4v) is 2.01. The second kappa shape index (κ2) is 4.52. The molecule has 0 spiro atoms. The summed E-state index contributed by atoms with van der Waals surface area (Å²) in [4.78, 5) is 11.8. The smallest absolute Gasteiger partial charge is 0.339 e. The lowest BCUT2D eigenvalue weighted by Gasteiger charge is -2.09. The fraction of sp³-hybridized carbons (Fsp3) is 0.357. The number of hydrogen-bond acceptors (Lipinski definition) is 2. The zero-order chi connectivity index (χ0) is 11.5. The predicted molar refractivity (Wildman–Crippen MR) is 65.8 cm³/mol. The summed E-state index contributed by atoms with van der Waals surface area (Å²) in [5.74, 6) is 0.269. The molecule has 1 unspecified atom stereocenters. The highest BCUT2D eigenvalue weighted by Gasteiger charge is 2.11. The number of hydrogen-bond donors (Lipinski definition) is 0. The molecule has 0 aliphatic heterocycles. The zero-order valence-electron chi connectivity index (χ0n) is 9.69. The average molecular weight is 216 g/mol. The van der Waals surface area contributed by atoms with Crippen LogP contribution in [0.1, 0.15) is 38.2 Å². The van der Waals surface area contributed by atoms with Crippen molar-refractivity contribution in [1.82, 2.24) is 0 Å². The number of para-hydroxylation sites is 1. The number of rotatable bonds is 3. The maximum atomic E-state index is 11.8. The van der Waals surface area contributed by atoms with Crippen LogP contribution in [0.4, 0.5) is 0 Å². The van der Waals surface area contributed by atoms with E-state index in [1.165, 1.54) is 0 Å². The average Bonchev–Trinajstić information content (AvgIpc) is 2.28. The third kappa shape index (κ3) is 2.01. The molecule has 0 radical (unpaired) electrons. The molecule has 1 heterocycles. The monoisotopic (exact) mass is 216 g/mol. The van der Waals surface area contributed by atoms with E-state index in [1.807, 2.05) is 30.3 Å². The Labute approximate surface area is 94.9 Å². The van der Waals surface area contributed by atoms with Gasteiger partial charge in [-0.25, -0.2) is 4.79 Å². The molecule has 0 saturated heterocycles. The molecule has 0 N–H and O–H groups in total. The van der Waals surface area contributed by atoms with Gasteiger partial charge in [0.1, 0.15) is 5.58 Å². The Morgan fingerprint density at radius 2 is 2.06 bits per heavy atom. The molecule has 1 aromatic carbocycles. The Morgan fingerprint density at radius 3 is 2.81 bits per heavy atom. The van der Waals surface area contributed by atoms with Crippen LogP contribution in [0.3, 0.4) is 0 Å². The maximum Gasteiger partial charge on any atom is 0.339 e. The van der Waals surface area contributed by atoms with E-state index < -0.39 is 0 Å². The van der Waals surface area contributed by atoms with Gasteiger partial charge >= 0.3 is 5.63 Å². The number of fused-ring (bicyclic) bond motifs is 1. The third-order valence-electron chi connectivity index (χ3n) is 2.92. The van der Waals surface area contributed by atoms with Gasteiger partial charge in [-0.1, -0.05) is 38.5 Å². The quantitative estimate of drug-likeness (QED) is 0.732. The minimum absolute atomic E-state index is 0.195. The summed E-state index contributed by atoms with van der Waals surface area (Å²) < 4.78 is 5.30. The largest absolute Gasteiger partial charge is 0.423 e. The van der Waals surface area contributed by atoms with Crippen molar-refractivity contribution in [3.8, 4) is 0 Å².